The molecular formula is C21H26N2O4S. The molecule has 2 aromatic carbocycles. The summed E-state index contributed by atoms with van der Waals surface area (Å²) in [6.45, 7) is 6.65. The van der Waals surface area contributed by atoms with Gasteiger partial charge in [-0.2, -0.15) is 0 Å². The van der Waals surface area contributed by atoms with Crippen molar-refractivity contribution in [3.63, 3.8) is 0 Å². The molecule has 0 heterocycles. The third-order valence-corrected chi connectivity index (χ3v) is 5.05. The molecule has 0 saturated heterocycles. The first-order valence-corrected chi connectivity index (χ1v) is 10.0. The summed E-state index contributed by atoms with van der Waals surface area (Å²) < 4.78 is 10.8. The molecule has 0 atom stereocenters. The molecule has 0 radical (unpaired) electrons. The second-order valence-electron chi connectivity index (χ2n) is 6.25. The molecule has 0 aliphatic rings. The lowest BCUT2D eigenvalue weighted by Gasteiger charge is -2.12. The van der Waals surface area contributed by atoms with Crippen LogP contribution in [0.15, 0.2) is 41.3 Å². The summed E-state index contributed by atoms with van der Waals surface area (Å²) in [5.41, 5.74) is 7.61. The number of carbonyl (C=O) groups is 2. The van der Waals surface area contributed by atoms with E-state index in [1.165, 1.54) is 30.0 Å². The van der Waals surface area contributed by atoms with E-state index in [1.54, 1.807) is 18.2 Å². The average molecular weight is 403 g/mol. The first-order chi connectivity index (χ1) is 13.4. The zero-order valence-corrected chi connectivity index (χ0v) is 17.4. The molecule has 2 rings (SSSR count). The van der Waals surface area contributed by atoms with Crippen molar-refractivity contribution < 1.29 is 19.1 Å². The summed E-state index contributed by atoms with van der Waals surface area (Å²) in [7, 11) is 1.52. The van der Waals surface area contributed by atoms with Gasteiger partial charge in [0.15, 0.2) is 11.5 Å². The third kappa shape index (κ3) is 6.20. The summed E-state index contributed by atoms with van der Waals surface area (Å²) in [6, 6.07) is 10.9. The van der Waals surface area contributed by atoms with Crippen LogP contribution >= 0.6 is 11.8 Å². The Morgan fingerprint density at radius 3 is 2.46 bits per heavy atom. The van der Waals surface area contributed by atoms with Crippen LogP contribution in [0.5, 0.6) is 11.5 Å². The lowest BCUT2D eigenvalue weighted by atomic mass is 10.1. The number of amides is 2. The highest BCUT2D eigenvalue weighted by atomic mass is 32.2. The first-order valence-electron chi connectivity index (χ1n) is 9.04. The fraction of sp³-hybridized carbons (Fsp3) is 0.333. The molecule has 0 fully saturated rings. The van der Waals surface area contributed by atoms with Gasteiger partial charge in [0.1, 0.15) is 0 Å². The number of aryl methyl sites for hydroxylation is 2. The van der Waals surface area contributed by atoms with Crippen molar-refractivity contribution in [2.45, 2.75) is 32.1 Å². The van der Waals surface area contributed by atoms with Crippen LogP contribution in [0.25, 0.3) is 0 Å². The number of benzene rings is 2. The molecule has 2 amide bonds. The smallest absolute Gasteiger partial charge is 0.269 e. The molecular weight excluding hydrogens is 376 g/mol. The van der Waals surface area contributed by atoms with Crippen LogP contribution < -0.4 is 20.3 Å². The molecule has 0 unspecified atom stereocenters. The van der Waals surface area contributed by atoms with E-state index in [-0.39, 0.29) is 11.7 Å². The lowest BCUT2D eigenvalue weighted by molar-refractivity contribution is -0.119. The van der Waals surface area contributed by atoms with E-state index in [0.717, 1.165) is 11.3 Å². The number of thioether (sulfide) groups is 1. The summed E-state index contributed by atoms with van der Waals surface area (Å²) in [6.07, 6.45) is 0.873. The van der Waals surface area contributed by atoms with Crippen LogP contribution in [0.4, 0.5) is 0 Å². The fourth-order valence-corrected chi connectivity index (χ4v) is 3.12. The standard InChI is InChI=1S/C21H26N2O4S/c1-5-10-27-18-9-7-16(12-19(18)26-4)21(25)23-22-20(24)13-28-17-8-6-14(2)15(3)11-17/h6-9,11-12H,5,10,13H2,1-4H3,(H,22,24)(H,23,25). The molecule has 0 bridgehead atoms. The van der Waals surface area contributed by atoms with Crippen molar-refractivity contribution in [3.8, 4) is 11.5 Å². The van der Waals surface area contributed by atoms with Gasteiger partial charge in [-0.05, 0) is 61.7 Å². The van der Waals surface area contributed by atoms with E-state index in [4.69, 9.17) is 9.47 Å². The Balaban J connectivity index is 1.86. The Morgan fingerprint density at radius 1 is 1.00 bits per heavy atom. The van der Waals surface area contributed by atoms with Gasteiger partial charge in [-0.25, -0.2) is 0 Å². The van der Waals surface area contributed by atoms with E-state index in [0.29, 0.717) is 23.7 Å². The van der Waals surface area contributed by atoms with Gasteiger partial charge in [-0.3, -0.25) is 20.4 Å². The van der Waals surface area contributed by atoms with Crippen molar-refractivity contribution in [1.29, 1.82) is 0 Å². The van der Waals surface area contributed by atoms with E-state index in [9.17, 15) is 9.59 Å². The molecule has 0 spiro atoms. The first kappa shape index (κ1) is 21.6. The molecule has 7 heteroatoms. The van der Waals surface area contributed by atoms with Gasteiger partial charge < -0.3 is 9.47 Å². The van der Waals surface area contributed by atoms with Gasteiger partial charge in [0.05, 0.1) is 19.5 Å². The van der Waals surface area contributed by atoms with Gasteiger partial charge in [-0.1, -0.05) is 13.0 Å². The number of hydrogen-bond acceptors (Lipinski definition) is 5. The quantitative estimate of drug-likeness (QED) is 0.521. The number of methoxy groups -OCH3 is 1. The lowest BCUT2D eigenvalue weighted by Crippen LogP contribution is -2.42. The minimum Gasteiger partial charge on any atom is -0.493 e. The number of nitrogens with one attached hydrogen (secondary N) is 2. The average Bonchev–Trinajstić information content (AvgIpc) is 2.71. The maximum atomic E-state index is 12.3. The van der Waals surface area contributed by atoms with Crippen LogP contribution in [0.3, 0.4) is 0 Å². The molecule has 150 valence electrons. The van der Waals surface area contributed by atoms with E-state index < -0.39 is 5.91 Å². The summed E-state index contributed by atoms with van der Waals surface area (Å²) in [5, 5.41) is 0. The highest BCUT2D eigenvalue weighted by molar-refractivity contribution is 8.00. The van der Waals surface area contributed by atoms with Gasteiger partial charge in [-0.15, -0.1) is 11.8 Å². The molecule has 28 heavy (non-hydrogen) atoms. The van der Waals surface area contributed by atoms with E-state index in [1.807, 2.05) is 39.0 Å². The van der Waals surface area contributed by atoms with Crippen molar-refractivity contribution in [2.75, 3.05) is 19.5 Å². The number of ether oxygens (including phenoxy) is 2. The molecule has 2 aromatic rings. The molecule has 0 aromatic heterocycles. The Bertz CT molecular complexity index is 839. The highest BCUT2D eigenvalue weighted by Gasteiger charge is 2.12. The van der Waals surface area contributed by atoms with Crippen molar-refractivity contribution in [2.24, 2.45) is 0 Å². The van der Waals surface area contributed by atoms with Gasteiger partial charge in [0, 0.05) is 10.5 Å². The molecule has 0 saturated carbocycles. The van der Waals surface area contributed by atoms with Crippen LogP contribution in [0.1, 0.15) is 34.8 Å². The predicted molar refractivity (Wildman–Crippen MR) is 111 cm³/mol. The van der Waals surface area contributed by atoms with E-state index >= 15 is 0 Å². The Kier molecular flexibility index (Phi) is 8.19. The van der Waals surface area contributed by atoms with Gasteiger partial charge in [0.25, 0.3) is 5.91 Å². The number of hydrazine groups is 1. The zero-order valence-electron chi connectivity index (χ0n) is 16.6. The summed E-state index contributed by atoms with van der Waals surface area (Å²) in [4.78, 5) is 25.3. The van der Waals surface area contributed by atoms with Crippen LogP contribution in [-0.2, 0) is 4.79 Å². The third-order valence-electron chi connectivity index (χ3n) is 4.05. The van der Waals surface area contributed by atoms with Crippen molar-refractivity contribution in [3.05, 3.63) is 53.1 Å². The minimum absolute atomic E-state index is 0.204. The fourth-order valence-electron chi connectivity index (χ4n) is 2.33. The summed E-state index contributed by atoms with van der Waals surface area (Å²) in [5.74, 6) is 0.541. The minimum atomic E-state index is -0.426. The van der Waals surface area contributed by atoms with Crippen molar-refractivity contribution in [1.82, 2.24) is 10.9 Å². The van der Waals surface area contributed by atoms with E-state index in [2.05, 4.69) is 10.9 Å². The largest absolute Gasteiger partial charge is 0.493 e. The number of rotatable bonds is 8. The zero-order chi connectivity index (χ0) is 20.5. The predicted octanol–water partition coefficient (Wildman–Crippen LogP) is 3.65. The normalized spacial score (nSPS) is 10.3. The SMILES string of the molecule is CCCOc1ccc(C(=O)NNC(=O)CSc2ccc(C)c(C)c2)cc1OC. The molecule has 2 N–H and O–H groups in total. The molecule has 0 aliphatic carbocycles. The monoisotopic (exact) mass is 402 g/mol. The Labute approximate surface area is 170 Å². The highest BCUT2D eigenvalue weighted by Crippen LogP contribution is 2.28. The van der Waals surface area contributed by atoms with Gasteiger partial charge >= 0.3 is 0 Å². The number of carbonyl (C=O) groups excluding carboxylic acids is 2. The van der Waals surface area contributed by atoms with Crippen molar-refractivity contribution >= 4 is 23.6 Å². The van der Waals surface area contributed by atoms with Crippen LogP contribution in [-0.4, -0.2) is 31.3 Å². The second kappa shape index (κ2) is 10.6. The van der Waals surface area contributed by atoms with Gasteiger partial charge in [0.2, 0.25) is 5.91 Å². The second-order valence-corrected chi connectivity index (χ2v) is 7.30. The van der Waals surface area contributed by atoms with Crippen LogP contribution in [0, 0.1) is 13.8 Å². The van der Waals surface area contributed by atoms with Crippen LogP contribution in [0.2, 0.25) is 0 Å². The topological polar surface area (TPSA) is 76.7 Å². The Hall–Kier alpha value is -2.67. The Morgan fingerprint density at radius 2 is 1.79 bits per heavy atom. The number of hydrogen-bond donors (Lipinski definition) is 2. The maximum Gasteiger partial charge on any atom is 0.269 e. The maximum absolute atomic E-state index is 12.3. The molecule has 0 aliphatic heterocycles. The summed E-state index contributed by atoms with van der Waals surface area (Å²) >= 11 is 1.41. The molecule has 6 nitrogen and oxygen atoms in total.